The molecule has 3 N–H and O–H groups in total. The van der Waals surface area contributed by atoms with E-state index in [0.29, 0.717) is 82.9 Å². The van der Waals surface area contributed by atoms with Crippen LogP contribution < -0.4 is 16.0 Å². The molecule has 2 saturated heterocycles. The average Bonchev–Trinajstić information content (AvgIpc) is 4.03. The van der Waals surface area contributed by atoms with Crippen LogP contribution in [0.4, 0.5) is 0 Å². The third-order valence-electron chi connectivity index (χ3n) is 12.3. The number of imidazole rings is 2. The number of rotatable bonds is 18. The van der Waals surface area contributed by atoms with E-state index < -0.39 is 16.1 Å². The predicted octanol–water partition coefficient (Wildman–Crippen LogP) is 3.93. The number of nitrogens with one attached hydrogen (secondary N) is 3. The first-order valence-corrected chi connectivity index (χ1v) is 25.0. The molecule has 2 aromatic heterocycles. The second-order valence-corrected chi connectivity index (χ2v) is 19.4. The third kappa shape index (κ3) is 14.5. The summed E-state index contributed by atoms with van der Waals surface area (Å²) in [6.07, 6.45) is 8.43. The van der Waals surface area contributed by atoms with E-state index in [0.717, 1.165) is 47.7 Å². The van der Waals surface area contributed by atoms with Crippen molar-refractivity contribution in [3.05, 3.63) is 179 Å². The summed E-state index contributed by atoms with van der Waals surface area (Å²) in [6.45, 7) is 9.02. The van der Waals surface area contributed by atoms with E-state index in [-0.39, 0.29) is 23.6 Å². The van der Waals surface area contributed by atoms with Crippen LogP contribution in [-0.4, -0.2) is 124 Å². The number of carbonyl (C=O) groups is 2. The van der Waals surface area contributed by atoms with E-state index in [1.165, 1.54) is 9.87 Å². The van der Waals surface area contributed by atoms with Gasteiger partial charge < -0.3 is 25.1 Å². The second kappa shape index (κ2) is 24.9. The minimum atomic E-state index is -3.51. The first kappa shape index (κ1) is 49.9. The monoisotopic (exact) mass is 948 g/mol. The quantitative estimate of drug-likeness (QED) is 0.113. The molecule has 16 nitrogen and oxygen atoms in total. The normalized spacial score (nSPS) is 16.6. The van der Waals surface area contributed by atoms with E-state index in [9.17, 15) is 18.0 Å². The highest BCUT2D eigenvalue weighted by Crippen LogP contribution is 2.18. The minimum absolute atomic E-state index is 0.0377. The van der Waals surface area contributed by atoms with Gasteiger partial charge in [0.1, 0.15) is 6.04 Å². The first-order valence-electron chi connectivity index (χ1n) is 23.4. The summed E-state index contributed by atoms with van der Waals surface area (Å²) < 4.78 is 30.9. The Kier molecular flexibility index (Phi) is 18.0. The molecule has 2 atom stereocenters. The van der Waals surface area contributed by atoms with Gasteiger partial charge >= 0.3 is 0 Å². The van der Waals surface area contributed by atoms with Crippen LogP contribution in [-0.2, 0) is 58.6 Å². The Bertz CT molecular complexity index is 2770. The smallest absolute Gasteiger partial charge is 0.239 e. The number of piperazine rings is 2. The van der Waals surface area contributed by atoms with Crippen molar-refractivity contribution in [1.82, 2.24) is 49.2 Å². The van der Waals surface area contributed by atoms with Crippen LogP contribution in [0, 0.1) is 22.7 Å². The second-order valence-electron chi connectivity index (χ2n) is 17.2. The van der Waals surface area contributed by atoms with Crippen molar-refractivity contribution in [2.75, 3.05) is 58.1 Å². The van der Waals surface area contributed by atoms with E-state index in [2.05, 4.69) is 64.6 Å². The molecule has 0 bridgehead atoms. The van der Waals surface area contributed by atoms with Gasteiger partial charge in [-0.2, -0.15) is 14.8 Å². The maximum Gasteiger partial charge on any atom is 0.239 e. The van der Waals surface area contributed by atoms with Crippen molar-refractivity contribution in [2.24, 2.45) is 0 Å². The van der Waals surface area contributed by atoms with Crippen LogP contribution in [0.2, 0.25) is 0 Å². The number of nitriles is 2. The van der Waals surface area contributed by atoms with Crippen LogP contribution in [0.15, 0.2) is 134 Å². The molecular formula is C52H60N12O4S. The van der Waals surface area contributed by atoms with Crippen LogP contribution in [0.3, 0.4) is 0 Å². The van der Waals surface area contributed by atoms with Crippen molar-refractivity contribution < 1.29 is 18.0 Å². The average molecular weight is 949 g/mol. The summed E-state index contributed by atoms with van der Waals surface area (Å²) in [5, 5.41) is 27.3. The van der Waals surface area contributed by atoms with E-state index in [1.807, 2.05) is 95.7 Å². The van der Waals surface area contributed by atoms with Gasteiger partial charge in [-0.15, -0.1) is 0 Å². The molecule has 8 rings (SSSR count). The number of amides is 2. The molecule has 2 aliphatic rings. The van der Waals surface area contributed by atoms with Crippen LogP contribution in [0.25, 0.3) is 0 Å². The summed E-state index contributed by atoms with van der Waals surface area (Å²) in [4.78, 5) is 38.9. The molecule has 0 radical (unpaired) electrons. The maximum absolute atomic E-state index is 13.2. The standard InChI is InChI=1S/C27H32N6O3S.C25H28N6O/c1-2-37(35,36)33-15-14-31(18-23-6-4-3-5-7-23)20-26(33)27(34)30-13-12-25-17-29-21-32(25)19-24-10-8-22(16-28)9-11-24;26-14-20-6-8-22(9-7-20)17-31-19-27-15-23(31)10-11-29-25(32)24-18-30(13-12-28-24)16-21-4-2-1-3-5-21/h3-11,17,21,26H,2,12-15,18-20H2,1H3,(H,30,34);1-9,15,19,24,28H,10-13,16-18H2,(H,29,32)/t26-;24-/m11/s1. The lowest BCUT2D eigenvalue weighted by Gasteiger charge is -2.39. The molecular weight excluding hydrogens is 889 g/mol. The Morgan fingerprint density at radius 2 is 1.12 bits per heavy atom. The molecule has 2 amide bonds. The van der Waals surface area contributed by atoms with Gasteiger partial charge in [-0.1, -0.05) is 84.9 Å². The van der Waals surface area contributed by atoms with Gasteiger partial charge in [0.25, 0.3) is 0 Å². The number of sulfonamides is 1. The van der Waals surface area contributed by atoms with E-state index >= 15 is 0 Å². The van der Waals surface area contributed by atoms with Crippen molar-refractivity contribution in [3.63, 3.8) is 0 Å². The minimum Gasteiger partial charge on any atom is -0.354 e. The number of benzene rings is 4. The highest BCUT2D eigenvalue weighted by Gasteiger charge is 2.38. The summed E-state index contributed by atoms with van der Waals surface area (Å²) in [7, 11) is -3.51. The molecule has 0 spiro atoms. The van der Waals surface area contributed by atoms with Crippen LogP contribution >= 0.6 is 0 Å². The lowest BCUT2D eigenvalue weighted by molar-refractivity contribution is -0.126. The number of hydrogen-bond acceptors (Lipinski definition) is 11. The third-order valence-corrected chi connectivity index (χ3v) is 14.2. The van der Waals surface area contributed by atoms with Crippen LogP contribution in [0.1, 0.15) is 51.7 Å². The SMILES string of the molecule is CCS(=O)(=O)N1CCN(Cc2ccccc2)C[C@@H]1C(=O)NCCc1cncn1Cc1ccc(C#N)cc1.N#Cc1ccc(Cn2cncc2CCNC(=O)[C@H]2CN(Cc3ccccc3)CCN2)cc1. The Labute approximate surface area is 405 Å². The van der Waals surface area contributed by atoms with Crippen molar-refractivity contribution in [1.29, 1.82) is 10.5 Å². The largest absolute Gasteiger partial charge is 0.354 e. The van der Waals surface area contributed by atoms with Gasteiger partial charge in [0.15, 0.2) is 0 Å². The number of nitrogens with zero attached hydrogens (tertiary/aromatic N) is 9. The molecule has 6 aromatic rings. The van der Waals surface area contributed by atoms with Gasteiger partial charge in [0, 0.05) is 115 Å². The molecule has 2 aliphatic heterocycles. The Morgan fingerprint density at radius 3 is 1.61 bits per heavy atom. The predicted molar refractivity (Wildman–Crippen MR) is 264 cm³/mol. The van der Waals surface area contributed by atoms with Crippen molar-refractivity contribution in [2.45, 2.75) is 58.0 Å². The molecule has 4 heterocycles. The fraction of sp³-hybridized carbons (Fsp3) is 0.346. The topological polar surface area (TPSA) is 197 Å². The Hall–Kier alpha value is -6.99. The Morgan fingerprint density at radius 1 is 0.638 bits per heavy atom. The molecule has 358 valence electrons. The lowest BCUT2D eigenvalue weighted by Crippen LogP contribution is -2.60. The first-order chi connectivity index (χ1) is 33.6. The summed E-state index contributed by atoms with van der Waals surface area (Å²) in [5.74, 6) is -0.279. The molecule has 0 unspecified atom stereocenters. The zero-order valence-corrected chi connectivity index (χ0v) is 39.8. The zero-order valence-electron chi connectivity index (χ0n) is 39.0. The van der Waals surface area contributed by atoms with Crippen molar-refractivity contribution in [3.8, 4) is 12.1 Å². The summed E-state index contributed by atoms with van der Waals surface area (Å²) in [5.41, 5.74) is 7.84. The number of aromatic nitrogens is 4. The Balaban J connectivity index is 0.000000206. The highest BCUT2D eigenvalue weighted by molar-refractivity contribution is 7.89. The molecule has 17 heteroatoms. The summed E-state index contributed by atoms with van der Waals surface area (Å²) >= 11 is 0. The zero-order chi connectivity index (χ0) is 48.4. The molecule has 0 saturated carbocycles. The van der Waals surface area contributed by atoms with Crippen LogP contribution in [0.5, 0.6) is 0 Å². The van der Waals surface area contributed by atoms with Gasteiger partial charge in [-0.05, 0) is 53.4 Å². The number of hydrogen-bond donors (Lipinski definition) is 3. The van der Waals surface area contributed by atoms with Gasteiger partial charge in [0.2, 0.25) is 21.8 Å². The van der Waals surface area contributed by atoms with Gasteiger partial charge in [-0.3, -0.25) is 19.4 Å². The van der Waals surface area contributed by atoms with E-state index in [4.69, 9.17) is 10.5 Å². The van der Waals surface area contributed by atoms with Gasteiger partial charge in [0.05, 0.1) is 47.7 Å². The molecule has 4 aromatic carbocycles. The maximum atomic E-state index is 13.2. The molecule has 69 heavy (non-hydrogen) atoms. The molecule has 0 aliphatic carbocycles. The fourth-order valence-electron chi connectivity index (χ4n) is 8.52. The summed E-state index contributed by atoms with van der Waals surface area (Å²) in [6, 6.07) is 38.6. The van der Waals surface area contributed by atoms with Gasteiger partial charge in [-0.25, -0.2) is 18.4 Å². The lowest BCUT2D eigenvalue weighted by atomic mass is 10.1. The van der Waals surface area contributed by atoms with E-state index in [1.54, 1.807) is 37.9 Å². The molecule has 2 fully saturated rings. The fourth-order valence-corrected chi connectivity index (χ4v) is 9.76. The van der Waals surface area contributed by atoms with Crippen molar-refractivity contribution >= 4 is 21.8 Å². The number of carbonyl (C=O) groups excluding carboxylic acids is 2. The highest BCUT2D eigenvalue weighted by atomic mass is 32.2.